The van der Waals surface area contributed by atoms with Gasteiger partial charge < -0.3 is 10.4 Å². The Bertz CT molecular complexity index is 819. The zero-order valence-corrected chi connectivity index (χ0v) is 13.8. The molecule has 0 aliphatic carbocycles. The third kappa shape index (κ3) is 3.03. The van der Waals surface area contributed by atoms with E-state index in [0.29, 0.717) is 18.0 Å². The van der Waals surface area contributed by atoms with Crippen LogP contribution < -0.4 is 5.32 Å². The summed E-state index contributed by atoms with van der Waals surface area (Å²) in [5.74, 6) is -0.569. The first-order valence-corrected chi connectivity index (χ1v) is 8.53. The average molecular weight is 336 g/mol. The van der Waals surface area contributed by atoms with E-state index in [2.05, 4.69) is 22.3 Å². The first kappa shape index (κ1) is 15.8. The molecule has 1 fully saturated rings. The Labute approximate surface area is 146 Å². The minimum absolute atomic E-state index is 0.159. The van der Waals surface area contributed by atoms with Crippen molar-refractivity contribution in [2.45, 2.75) is 12.5 Å². The predicted molar refractivity (Wildman–Crippen MR) is 93.7 cm³/mol. The smallest absolute Gasteiger partial charge is 0.335 e. The molecular formula is C20H20N2O3. The van der Waals surface area contributed by atoms with Gasteiger partial charge in [-0.2, -0.15) is 0 Å². The number of nitrogens with zero attached hydrogens (tertiary/aromatic N) is 1. The van der Waals surface area contributed by atoms with Crippen LogP contribution in [0.3, 0.4) is 0 Å². The normalized spacial score (nSPS) is 22.6. The quantitative estimate of drug-likeness (QED) is 0.903. The Kier molecular flexibility index (Phi) is 4.01. The molecule has 2 unspecified atom stereocenters. The van der Waals surface area contributed by atoms with Gasteiger partial charge in [-0.1, -0.05) is 36.4 Å². The van der Waals surface area contributed by atoms with Gasteiger partial charge in [-0.05, 0) is 29.2 Å². The van der Waals surface area contributed by atoms with Gasteiger partial charge in [0, 0.05) is 37.7 Å². The van der Waals surface area contributed by atoms with E-state index in [9.17, 15) is 14.7 Å². The number of hydrogen-bond donors (Lipinski definition) is 2. The fourth-order valence-corrected chi connectivity index (χ4v) is 4.02. The number of carbonyl (C=O) groups excluding carboxylic acids is 1. The highest BCUT2D eigenvalue weighted by molar-refractivity contribution is 5.99. The van der Waals surface area contributed by atoms with E-state index in [1.807, 2.05) is 24.3 Å². The second-order valence-corrected chi connectivity index (χ2v) is 6.86. The first-order chi connectivity index (χ1) is 12.1. The number of likely N-dealkylation sites (tertiary alicyclic amines) is 1. The SMILES string of the molecule is O=C(O)c1ccc2c(c1)C(=O)NCC1CN(Cc3ccccc3)CC21. The van der Waals surface area contributed by atoms with Crippen LogP contribution in [0, 0.1) is 5.92 Å². The van der Waals surface area contributed by atoms with Gasteiger partial charge in [0.25, 0.3) is 5.91 Å². The minimum atomic E-state index is -1.01. The maximum Gasteiger partial charge on any atom is 0.335 e. The third-order valence-corrected chi connectivity index (χ3v) is 5.23. The van der Waals surface area contributed by atoms with Crippen molar-refractivity contribution in [2.24, 2.45) is 5.92 Å². The van der Waals surface area contributed by atoms with Crippen LogP contribution in [0.2, 0.25) is 0 Å². The first-order valence-electron chi connectivity index (χ1n) is 8.53. The lowest BCUT2D eigenvalue weighted by atomic mass is 9.86. The summed E-state index contributed by atoms with van der Waals surface area (Å²) in [7, 11) is 0. The van der Waals surface area contributed by atoms with Gasteiger partial charge >= 0.3 is 5.97 Å². The molecule has 0 bridgehead atoms. The lowest BCUT2D eigenvalue weighted by Gasteiger charge is -2.17. The van der Waals surface area contributed by atoms with Gasteiger partial charge in [0.15, 0.2) is 0 Å². The Morgan fingerprint density at radius 3 is 2.72 bits per heavy atom. The van der Waals surface area contributed by atoms with Crippen molar-refractivity contribution >= 4 is 11.9 Å². The zero-order chi connectivity index (χ0) is 17.4. The van der Waals surface area contributed by atoms with Crippen LogP contribution in [0.15, 0.2) is 48.5 Å². The standard InChI is InChI=1S/C20H20N2O3/c23-19-17-8-14(20(24)25)6-7-16(17)18-12-22(11-15(18)9-21-19)10-13-4-2-1-3-5-13/h1-8,15,18H,9-12H2,(H,21,23)(H,24,25). The van der Waals surface area contributed by atoms with Crippen molar-refractivity contribution in [3.63, 3.8) is 0 Å². The molecule has 1 saturated heterocycles. The van der Waals surface area contributed by atoms with Crippen LogP contribution in [0.5, 0.6) is 0 Å². The predicted octanol–water partition coefficient (Wildman–Crippen LogP) is 2.34. The Hall–Kier alpha value is -2.66. The molecule has 0 radical (unpaired) electrons. The van der Waals surface area contributed by atoms with Crippen molar-refractivity contribution in [3.05, 3.63) is 70.8 Å². The maximum atomic E-state index is 12.4. The van der Waals surface area contributed by atoms with Gasteiger partial charge in [-0.25, -0.2) is 4.79 Å². The van der Waals surface area contributed by atoms with Crippen LogP contribution in [-0.2, 0) is 6.54 Å². The summed E-state index contributed by atoms with van der Waals surface area (Å²) in [6.07, 6.45) is 0. The van der Waals surface area contributed by atoms with Crippen molar-refractivity contribution in [1.29, 1.82) is 0 Å². The molecule has 2 atom stereocenters. The van der Waals surface area contributed by atoms with Crippen LogP contribution in [0.25, 0.3) is 0 Å². The fourth-order valence-electron chi connectivity index (χ4n) is 4.02. The van der Waals surface area contributed by atoms with Gasteiger partial charge in [0.1, 0.15) is 0 Å². The summed E-state index contributed by atoms with van der Waals surface area (Å²) in [4.78, 5) is 26.0. The maximum absolute atomic E-state index is 12.4. The van der Waals surface area contributed by atoms with Crippen molar-refractivity contribution in [3.8, 4) is 0 Å². The Balaban J connectivity index is 1.62. The molecule has 0 saturated carbocycles. The lowest BCUT2D eigenvalue weighted by molar-refractivity contribution is 0.0697. The largest absolute Gasteiger partial charge is 0.478 e. The highest BCUT2D eigenvalue weighted by Gasteiger charge is 2.38. The Morgan fingerprint density at radius 2 is 1.96 bits per heavy atom. The van der Waals surface area contributed by atoms with Crippen molar-refractivity contribution < 1.29 is 14.7 Å². The molecule has 5 nitrogen and oxygen atoms in total. The molecule has 1 amide bonds. The number of fused-ring (bicyclic) bond motifs is 3. The van der Waals surface area contributed by atoms with Crippen LogP contribution in [0.1, 0.15) is 37.8 Å². The summed E-state index contributed by atoms with van der Waals surface area (Å²) in [6, 6.07) is 15.3. The van der Waals surface area contributed by atoms with E-state index >= 15 is 0 Å². The summed E-state index contributed by atoms with van der Waals surface area (Å²) in [5.41, 5.74) is 2.92. The van der Waals surface area contributed by atoms with Crippen molar-refractivity contribution in [2.75, 3.05) is 19.6 Å². The molecule has 2 aliphatic rings. The summed E-state index contributed by atoms with van der Waals surface area (Å²) in [5, 5.41) is 12.2. The molecule has 5 heteroatoms. The number of carboxylic acid groups (broad SMARTS) is 1. The molecule has 2 aromatic carbocycles. The van der Waals surface area contributed by atoms with Crippen LogP contribution >= 0.6 is 0 Å². The molecule has 2 aromatic rings. The van der Waals surface area contributed by atoms with E-state index in [0.717, 1.165) is 25.2 Å². The summed E-state index contributed by atoms with van der Waals surface area (Å²) in [6.45, 7) is 3.34. The topological polar surface area (TPSA) is 69.6 Å². The summed E-state index contributed by atoms with van der Waals surface area (Å²) < 4.78 is 0. The molecule has 2 N–H and O–H groups in total. The highest BCUT2D eigenvalue weighted by Crippen LogP contribution is 2.37. The number of aromatic carboxylic acids is 1. The number of rotatable bonds is 3. The molecule has 2 heterocycles. The molecule has 4 rings (SSSR count). The second kappa shape index (κ2) is 6.33. The van der Waals surface area contributed by atoms with E-state index in [1.165, 1.54) is 11.6 Å². The van der Waals surface area contributed by atoms with Gasteiger partial charge in [0.05, 0.1) is 5.56 Å². The number of hydrogen-bond acceptors (Lipinski definition) is 3. The number of carbonyl (C=O) groups is 2. The van der Waals surface area contributed by atoms with Crippen LogP contribution in [0.4, 0.5) is 0 Å². The molecule has 0 aromatic heterocycles. The van der Waals surface area contributed by atoms with E-state index in [4.69, 9.17) is 0 Å². The van der Waals surface area contributed by atoms with Gasteiger partial charge in [0.2, 0.25) is 0 Å². The number of carboxylic acids is 1. The molecule has 128 valence electrons. The third-order valence-electron chi connectivity index (χ3n) is 5.23. The van der Waals surface area contributed by atoms with E-state index in [1.54, 1.807) is 6.07 Å². The lowest BCUT2D eigenvalue weighted by Crippen LogP contribution is -2.29. The molecule has 2 aliphatic heterocycles. The fraction of sp³-hybridized carbons (Fsp3) is 0.300. The minimum Gasteiger partial charge on any atom is -0.478 e. The number of amides is 1. The monoisotopic (exact) mass is 336 g/mol. The average Bonchev–Trinajstić information content (AvgIpc) is 2.97. The second-order valence-electron chi connectivity index (χ2n) is 6.86. The molecule has 25 heavy (non-hydrogen) atoms. The van der Waals surface area contributed by atoms with Gasteiger partial charge in [-0.15, -0.1) is 0 Å². The molecular weight excluding hydrogens is 316 g/mol. The number of nitrogens with one attached hydrogen (secondary N) is 1. The Morgan fingerprint density at radius 1 is 1.16 bits per heavy atom. The van der Waals surface area contributed by atoms with E-state index in [-0.39, 0.29) is 17.4 Å². The highest BCUT2D eigenvalue weighted by atomic mass is 16.4. The summed E-state index contributed by atoms with van der Waals surface area (Å²) >= 11 is 0. The van der Waals surface area contributed by atoms with Gasteiger partial charge in [-0.3, -0.25) is 9.69 Å². The number of benzene rings is 2. The zero-order valence-electron chi connectivity index (χ0n) is 13.8. The molecule has 0 spiro atoms. The van der Waals surface area contributed by atoms with Crippen molar-refractivity contribution in [1.82, 2.24) is 10.2 Å². The van der Waals surface area contributed by atoms with Crippen LogP contribution in [-0.4, -0.2) is 41.5 Å². The van der Waals surface area contributed by atoms with E-state index < -0.39 is 5.97 Å².